The first kappa shape index (κ1) is 13.7. The minimum Gasteiger partial charge on any atom is -0.372 e. The zero-order valence-electron chi connectivity index (χ0n) is 11.7. The van der Waals surface area contributed by atoms with Gasteiger partial charge in [0, 0.05) is 26.0 Å². The summed E-state index contributed by atoms with van der Waals surface area (Å²) in [5, 5.41) is 3.02. The molecular formula is C14H16FN5O. The fourth-order valence-electron chi connectivity index (χ4n) is 2.35. The number of ether oxygens (including phenoxy) is 1. The Morgan fingerprint density at radius 3 is 2.90 bits per heavy atom. The summed E-state index contributed by atoms with van der Waals surface area (Å²) in [6.07, 6.45) is 4.31. The molecule has 0 aromatic carbocycles. The lowest BCUT2D eigenvalue weighted by molar-refractivity contribution is 0.0370. The van der Waals surface area contributed by atoms with Crippen molar-refractivity contribution in [3.05, 3.63) is 42.2 Å². The molecule has 7 heteroatoms. The smallest absolute Gasteiger partial charge is 0.150 e. The number of anilines is 2. The number of aromatic nitrogens is 3. The van der Waals surface area contributed by atoms with E-state index in [4.69, 9.17) is 4.74 Å². The van der Waals surface area contributed by atoms with E-state index in [-0.39, 0.29) is 11.9 Å². The molecule has 0 radical (unpaired) electrons. The Bertz CT molecular complexity index is 607. The van der Waals surface area contributed by atoms with Crippen LogP contribution in [-0.2, 0) is 4.74 Å². The zero-order chi connectivity index (χ0) is 14.7. The molecule has 0 aliphatic carbocycles. The molecule has 1 atom stereocenters. The van der Waals surface area contributed by atoms with Gasteiger partial charge in [-0.2, -0.15) is 0 Å². The second kappa shape index (κ2) is 6.01. The Hall–Kier alpha value is -2.28. The van der Waals surface area contributed by atoms with Gasteiger partial charge in [0.1, 0.15) is 29.3 Å². The Morgan fingerprint density at radius 2 is 2.14 bits per heavy atom. The van der Waals surface area contributed by atoms with Crippen LogP contribution in [0.2, 0.25) is 0 Å². The number of hydrogen-bond donors (Lipinski definition) is 1. The van der Waals surface area contributed by atoms with Crippen LogP contribution in [-0.4, -0.2) is 41.7 Å². The van der Waals surface area contributed by atoms with Gasteiger partial charge in [-0.15, -0.1) is 0 Å². The van der Waals surface area contributed by atoms with E-state index in [0.717, 1.165) is 11.5 Å². The number of nitrogens with zero attached hydrogens (tertiary/aromatic N) is 4. The van der Waals surface area contributed by atoms with Crippen LogP contribution >= 0.6 is 0 Å². The molecule has 1 fully saturated rings. The molecule has 21 heavy (non-hydrogen) atoms. The molecule has 2 aromatic rings. The highest BCUT2D eigenvalue weighted by atomic mass is 19.1. The van der Waals surface area contributed by atoms with Crippen molar-refractivity contribution in [2.45, 2.75) is 6.10 Å². The first-order chi connectivity index (χ1) is 10.3. The molecule has 2 aromatic heterocycles. The number of morpholine rings is 1. The average Bonchev–Trinajstić information content (AvgIpc) is 2.55. The summed E-state index contributed by atoms with van der Waals surface area (Å²) in [6.45, 7) is 1.87. The quantitative estimate of drug-likeness (QED) is 0.926. The molecule has 0 spiro atoms. The monoisotopic (exact) mass is 289 g/mol. The Labute approximate surface area is 122 Å². The minimum atomic E-state index is -0.338. The molecule has 110 valence electrons. The molecule has 3 heterocycles. The first-order valence-electron chi connectivity index (χ1n) is 6.74. The minimum absolute atomic E-state index is 0.193. The Balaban J connectivity index is 1.81. The van der Waals surface area contributed by atoms with Crippen molar-refractivity contribution >= 4 is 11.6 Å². The van der Waals surface area contributed by atoms with Crippen molar-refractivity contribution in [3.8, 4) is 0 Å². The molecule has 1 unspecified atom stereocenters. The van der Waals surface area contributed by atoms with Gasteiger partial charge < -0.3 is 15.0 Å². The van der Waals surface area contributed by atoms with E-state index >= 15 is 0 Å². The molecular weight excluding hydrogens is 273 g/mol. The third-order valence-electron chi connectivity index (χ3n) is 3.37. The van der Waals surface area contributed by atoms with Gasteiger partial charge in [0.2, 0.25) is 0 Å². The van der Waals surface area contributed by atoms with E-state index in [2.05, 4.69) is 25.2 Å². The summed E-state index contributed by atoms with van der Waals surface area (Å²) >= 11 is 0. The molecule has 3 rings (SSSR count). The zero-order valence-corrected chi connectivity index (χ0v) is 11.7. The third-order valence-corrected chi connectivity index (χ3v) is 3.37. The van der Waals surface area contributed by atoms with Gasteiger partial charge in [-0.1, -0.05) is 0 Å². The average molecular weight is 289 g/mol. The van der Waals surface area contributed by atoms with Crippen molar-refractivity contribution in [3.63, 3.8) is 0 Å². The number of halogens is 1. The van der Waals surface area contributed by atoms with Crippen molar-refractivity contribution < 1.29 is 9.13 Å². The van der Waals surface area contributed by atoms with Gasteiger partial charge >= 0.3 is 0 Å². The van der Waals surface area contributed by atoms with Gasteiger partial charge in [0.25, 0.3) is 0 Å². The fourth-order valence-corrected chi connectivity index (χ4v) is 2.35. The SMILES string of the molecule is CNc1nccnc1C1CN(c2ccc(F)cn2)CCO1. The van der Waals surface area contributed by atoms with Crippen molar-refractivity contribution in [2.24, 2.45) is 0 Å². The van der Waals surface area contributed by atoms with E-state index in [0.29, 0.717) is 25.5 Å². The summed E-state index contributed by atoms with van der Waals surface area (Å²) in [5.41, 5.74) is 0.770. The maximum atomic E-state index is 13.0. The third kappa shape index (κ3) is 2.92. The van der Waals surface area contributed by atoms with Crippen LogP contribution in [0.4, 0.5) is 16.0 Å². The topological polar surface area (TPSA) is 63.2 Å². The lowest BCUT2D eigenvalue weighted by atomic mass is 10.2. The number of pyridine rings is 1. The number of rotatable bonds is 3. The second-order valence-electron chi connectivity index (χ2n) is 4.68. The van der Waals surface area contributed by atoms with Gasteiger partial charge in [-0.3, -0.25) is 4.98 Å². The molecule has 6 nitrogen and oxygen atoms in total. The summed E-state index contributed by atoms with van der Waals surface area (Å²) in [4.78, 5) is 14.8. The predicted octanol–water partition coefficient (Wildman–Crippen LogP) is 1.63. The standard InChI is InChI=1S/C14H16FN5O/c1-16-14-13(17-4-5-18-14)11-9-20(6-7-21-11)12-3-2-10(15)8-19-12/h2-5,8,11H,6-7,9H2,1H3,(H,16,18). The second-order valence-corrected chi connectivity index (χ2v) is 4.68. The van der Waals surface area contributed by atoms with Crippen molar-refractivity contribution in [2.75, 3.05) is 37.0 Å². The summed E-state index contributed by atoms with van der Waals surface area (Å²) in [6, 6.07) is 3.08. The van der Waals surface area contributed by atoms with Crippen LogP contribution in [0.1, 0.15) is 11.8 Å². The van der Waals surface area contributed by atoms with Crippen LogP contribution in [0.25, 0.3) is 0 Å². The van der Waals surface area contributed by atoms with Crippen LogP contribution in [0.5, 0.6) is 0 Å². The van der Waals surface area contributed by atoms with Gasteiger partial charge in [-0.05, 0) is 12.1 Å². The van der Waals surface area contributed by atoms with E-state index in [1.54, 1.807) is 25.5 Å². The van der Waals surface area contributed by atoms with E-state index in [1.807, 2.05) is 0 Å². The van der Waals surface area contributed by atoms with Crippen molar-refractivity contribution in [1.29, 1.82) is 0 Å². The lowest BCUT2D eigenvalue weighted by Crippen LogP contribution is -2.39. The molecule has 1 N–H and O–H groups in total. The highest BCUT2D eigenvalue weighted by molar-refractivity contribution is 5.43. The number of hydrogen-bond acceptors (Lipinski definition) is 6. The molecule has 1 aliphatic rings. The lowest BCUT2D eigenvalue weighted by Gasteiger charge is -2.33. The summed E-state index contributed by atoms with van der Waals surface area (Å²) in [5.74, 6) is 1.10. The van der Waals surface area contributed by atoms with E-state index in [9.17, 15) is 4.39 Å². The molecule has 1 saturated heterocycles. The Morgan fingerprint density at radius 1 is 1.29 bits per heavy atom. The highest BCUT2D eigenvalue weighted by Gasteiger charge is 2.26. The fraction of sp³-hybridized carbons (Fsp3) is 0.357. The normalized spacial score (nSPS) is 18.6. The summed E-state index contributed by atoms with van der Waals surface area (Å²) < 4.78 is 18.8. The van der Waals surface area contributed by atoms with Gasteiger partial charge in [0.05, 0.1) is 19.3 Å². The molecule has 0 saturated carbocycles. The summed E-state index contributed by atoms with van der Waals surface area (Å²) in [7, 11) is 1.80. The van der Waals surface area contributed by atoms with Crippen LogP contribution < -0.4 is 10.2 Å². The molecule has 0 bridgehead atoms. The van der Waals surface area contributed by atoms with Crippen LogP contribution in [0.3, 0.4) is 0 Å². The van der Waals surface area contributed by atoms with Crippen LogP contribution in [0, 0.1) is 5.82 Å². The molecule has 1 aliphatic heterocycles. The number of nitrogens with one attached hydrogen (secondary N) is 1. The first-order valence-corrected chi connectivity index (χ1v) is 6.74. The Kier molecular flexibility index (Phi) is 3.92. The molecule has 0 amide bonds. The predicted molar refractivity (Wildman–Crippen MR) is 76.7 cm³/mol. The highest BCUT2D eigenvalue weighted by Crippen LogP contribution is 2.27. The largest absolute Gasteiger partial charge is 0.372 e. The van der Waals surface area contributed by atoms with Crippen molar-refractivity contribution in [1.82, 2.24) is 15.0 Å². The van der Waals surface area contributed by atoms with E-state index in [1.165, 1.54) is 12.3 Å². The van der Waals surface area contributed by atoms with Crippen LogP contribution in [0.15, 0.2) is 30.7 Å². The van der Waals surface area contributed by atoms with E-state index < -0.39 is 0 Å². The van der Waals surface area contributed by atoms with Gasteiger partial charge in [-0.25, -0.2) is 14.4 Å². The van der Waals surface area contributed by atoms with Gasteiger partial charge in [0.15, 0.2) is 0 Å². The maximum absolute atomic E-state index is 13.0. The maximum Gasteiger partial charge on any atom is 0.150 e.